The number of hydrogen-bond acceptors (Lipinski definition) is 9. The zero-order valence-corrected chi connectivity index (χ0v) is 35.1. The minimum absolute atomic E-state index is 0.0185. The van der Waals surface area contributed by atoms with Gasteiger partial charge in [-0.1, -0.05) is 69.7 Å². The number of amides is 5. The number of aliphatic hydroxyl groups is 2. The Labute approximate surface area is 338 Å². The molecule has 0 bridgehead atoms. The summed E-state index contributed by atoms with van der Waals surface area (Å²) in [6, 6.07) is 13.6. The highest BCUT2D eigenvalue weighted by atomic mass is 16.6. The van der Waals surface area contributed by atoms with Crippen LogP contribution in [0.2, 0.25) is 0 Å². The lowest BCUT2D eigenvalue weighted by atomic mass is 9.84. The molecule has 14 heteroatoms. The summed E-state index contributed by atoms with van der Waals surface area (Å²) in [5.74, 6) is -1.27. The minimum atomic E-state index is -1.27. The van der Waals surface area contributed by atoms with E-state index in [-0.39, 0.29) is 56.1 Å². The molecule has 6 N–H and O–H groups in total. The second-order valence-electron chi connectivity index (χ2n) is 15.8. The van der Waals surface area contributed by atoms with Crippen molar-refractivity contribution in [3.05, 3.63) is 65.7 Å². The highest BCUT2D eigenvalue weighted by Crippen LogP contribution is 2.27. The molecule has 5 amide bonds. The van der Waals surface area contributed by atoms with Gasteiger partial charge in [-0.05, 0) is 75.6 Å². The molecule has 2 aromatic rings. The number of likely N-dealkylation sites (N-methyl/N-ethyl adjacent to an activating group) is 1. The van der Waals surface area contributed by atoms with Crippen LogP contribution in [0.1, 0.15) is 104 Å². The molecule has 0 fully saturated rings. The van der Waals surface area contributed by atoms with Crippen molar-refractivity contribution in [3.8, 4) is 5.75 Å². The number of ether oxygens (including phenoxy) is 2. The molecule has 0 aliphatic heterocycles. The largest absolute Gasteiger partial charge is 0.497 e. The highest BCUT2D eigenvalue weighted by molar-refractivity contribution is 5.91. The Morgan fingerprint density at radius 2 is 1.51 bits per heavy atom. The molecule has 0 spiro atoms. The molecule has 2 rings (SSSR count). The second kappa shape index (κ2) is 24.8. The standard InChI is InChI=1S/C43H67N5O9/c1-9-33(31-16-12-10-13-17-31)39(36(50)28-38(52)44-23-15-11-14-18-37(51)45-24-25-49)47-40(53)35(26-29(2)3)48(7)41(54)34(46-42(55)57-43(4,5)6)27-30-19-21-32(56-8)22-20-30/h10,12-13,16-17,19-22,29,33-36,39,49-50H,9,11,14-15,18,23-28H2,1-8H3,(H,44,52)(H,45,51)(H,46,55)(H,47,53)/t33?,34-,35-,36-,39-/m0/s1. The van der Waals surface area contributed by atoms with E-state index in [9.17, 15) is 29.1 Å². The predicted octanol–water partition coefficient (Wildman–Crippen LogP) is 4.22. The SMILES string of the molecule is CCC(c1ccccc1)[C@H](NC(=O)[C@H](CC(C)C)N(C)C(=O)[C@H](Cc1ccc(OC)cc1)NC(=O)OC(C)(C)C)[C@@H](O)CC(=O)NCCCCCC(=O)NCCO. The molecule has 0 saturated heterocycles. The van der Waals surface area contributed by atoms with Crippen molar-refractivity contribution in [1.82, 2.24) is 26.2 Å². The second-order valence-corrected chi connectivity index (χ2v) is 15.8. The van der Waals surface area contributed by atoms with Crippen molar-refractivity contribution in [3.63, 3.8) is 0 Å². The summed E-state index contributed by atoms with van der Waals surface area (Å²) in [4.78, 5) is 68.0. The van der Waals surface area contributed by atoms with E-state index in [0.29, 0.717) is 44.4 Å². The molecule has 0 radical (unpaired) electrons. The summed E-state index contributed by atoms with van der Waals surface area (Å²) < 4.78 is 10.8. The van der Waals surface area contributed by atoms with E-state index in [2.05, 4.69) is 21.3 Å². The van der Waals surface area contributed by atoms with Crippen LogP contribution in [-0.4, -0.2) is 109 Å². The molecule has 57 heavy (non-hydrogen) atoms. The molecule has 0 aromatic heterocycles. The predicted molar refractivity (Wildman–Crippen MR) is 219 cm³/mol. The summed E-state index contributed by atoms with van der Waals surface area (Å²) in [6.07, 6.45) is 0.915. The number of carbonyl (C=O) groups is 5. The Kier molecular flexibility index (Phi) is 21.1. The molecular formula is C43H67N5O9. The average molecular weight is 798 g/mol. The van der Waals surface area contributed by atoms with E-state index in [4.69, 9.17) is 14.6 Å². The summed E-state index contributed by atoms with van der Waals surface area (Å²) in [7, 11) is 3.08. The first-order valence-electron chi connectivity index (χ1n) is 20.1. The number of hydrogen-bond donors (Lipinski definition) is 6. The number of methoxy groups -OCH3 is 1. The number of carbonyl (C=O) groups excluding carboxylic acids is 5. The zero-order valence-electron chi connectivity index (χ0n) is 35.1. The molecule has 0 aliphatic rings. The Morgan fingerprint density at radius 3 is 2.09 bits per heavy atom. The summed E-state index contributed by atoms with van der Waals surface area (Å²) in [5, 5.41) is 31.7. The molecular weight excluding hydrogens is 730 g/mol. The van der Waals surface area contributed by atoms with Crippen LogP contribution in [0.15, 0.2) is 54.6 Å². The van der Waals surface area contributed by atoms with Gasteiger partial charge in [0.15, 0.2) is 0 Å². The number of nitrogens with zero attached hydrogens (tertiary/aromatic N) is 1. The van der Waals surface area contributed by atoms with Gasteiger partial charge in [0.1, 0.15) is 23.4 Å². The molecule has 5 atom stereocenters. The van der Waals surface area contributed by atoms with E-state index in [1.165, 1.54) is 11.9 Å². The third-order valence-electron chi connectivity index (χ3n) is 9.46. The number of nitrogens with one attached hydrogen (secondary N) is 4. The first kappa shape index (κ1) is 48.5. The fourth-order valence-electron chi connectivity index (χ4n) is 6.54. The number of rotatable bonds is 24. The summed E-state index contributed by atoms with van der Waals surface area (Å²) >= 11 is 0. The van der Waals surface area contributed by atoms with Crippen molar-refractivity contribution in [2.75, 3.05) is 33.9 Å². The van der Waals surface area contributed by atoms with Gasteiger partial charge in [0.05, 0.1) is 32.3 Å². The van der Waals surface area contributed by atoms with Crippen molar-refractivity contribution in [1.29, 1.82) is 0 Å². The normalized spacial score (nSPS) is 14.0. The number of aliphatic hydroxyl groups excluding tert-OH is 2. The molecule has 2 aromatic carbocycles. The van der Waals surface area contributed by atoms with Crippen LogP contribution < -0.4 is 26.0 Å². The van der Waals surface area contributed by atoms with Gasteiger partial charge in [-0.2, -0.15) is 0 Å². The third kappa shape index (κ3) is 18.0. The molecule has 1 unspecified atom stereocenters. The minimum Gasteiger partial charge on any atom is -0.497 e. The van der Waals surface area contributed by atoms with Gasteiger partial charge >= 0.3 is 6.09 Å². The molecule has 318 valence electrons. The van der Waals surface area contributed by atoms with Gasteiger partial charge in [-0.15, -0.1) is 0 Å². The lowest BCUT2D eigenvalue weighted by molar-refractivity contribution is -0.141. The van der Waals surface area contributed by atoms with Crippen LogP contribution in [-0.2, 0) is 30.3 Å². The fraction of sp³-hybridized carbons (Fsp3) is 0.605. The fourth-order valence-corrected chi connectivity index (χ4v) is 6.54. The first-order valence-corrected chi connectivity index (χ1v) is 20.1. The first-order chi connectivity index (χ1) is 27.0. The maximum absolute atomic E-state index is 14.4. The van der Waals surface area contributed by atoms with Crippen LogP contribution in [0.3, 0.4) is 0 Å². The Bertz CT molecular complexity index is 1530. The Hall–Kier alpha value is -4.69. The van der Waals surface area contributed by atoms with Gasteiger partial charge in [0.2, 0.25) is 23.6 Å². The molecule has 14 nitrogen and oxygen atoms in total. The Balaban J connectivity index is 2.31. The van der Waals surface area contributed by atoms with E-state index in [1.807, 2.05) is 51.1 Å². The quantitative estimate of drug-likeness (QED) is 0.0844. The number of unbranched alkanes of at least 4 members (excludes halogenated alkanes) is 2. The van der Waals surface area contributed by atoms with E-state index in [1.54, 1.807) is 52.1 Å². The maximum Gasteiger partial charge on any atom is 0.408 e. The monoisotopic (exact) mass is 797 g/mol. The van der Waals surface area contributed by atoms with E-state index < -0.39 is 47.7 Å². The molecule has 0 heterocycles. The van der Waals surface area contributed by atoms with Crippen molar-refractivity contribution in [2.45, 2.75) is 129 Å². The lowest BCUT2D eigenvalue weighted by Crippen LogP contribution is -2.58. The van der Waals surface area contributed by atoms with Gasteiger partial charge in [-0.25, -0.2) is 4.79 Å². The van der Waals surface area contributed by atoms with Crippen LogP contribution in [0.25, 0.3) is 0 Å². The van der Waals surface area contributed by atoms with Crippen molar-refractivity contribution < 1.29 is 43.7 Å². The molecule has 0 saturated carbocycles. The number of benzene rings is 2. The lowest BCUT2D eigenvalue weighted by Gasteiger charge is -2.36. The summed E-state index contributed by atoms with van der Waals surface area (Å²) in [5.41, 5.74) is 0.810. The Morgan fingerprint density at radius 1 is 0.860 bits per heavy atom. The number of alkyl carbamates (subject to hydrolysis) is 1. The smallest absolute Gasteiger partial charge is 0.408 e. The van der Waals surface area contributed by atoms with Gasteiger partial charge < -0.3 is 45.9 Å². The van der Waals surface area contributed by atoms with Crippen LogP contribution in [0.4, 0.5) is 4.79 Å². The summed E-state index contributed by atoms with van der Waals surface area (Å²) in [6.45, 7) is 11.5. The van der Waals surface area contributed by atoms with Crippen LogP contribution >= 0.6 is 0 Å². The van der Waals surface area contributed by atoms with E-state index >= 15 is 0 Å². The zero-order chi connectivity index (χ0) is 42.5. The van der Waals surface area contributed by atoms with Gasteiger partial charge in [0, 0.05) is 38.9 Å². The van der Waals surface area contributed by atoms with E-state index in [0.717, 1.165) is 11.1 Å². The molecule has 0 aliphatic carbocycles. The van der Waals surface area contributed by atoms with Gasteiger partial charge in [-0.3, -0.25) is 19.2 Å². The average Bonchev–Trinajstić information content (AvgIpc) is 3.16. The van der Waals surface area contributed by atoms with Crippen LogP contribution in [0, 0.1) is 5.92 Å². The maximum atomic E-state index is 14.4. The topological polar surface area (TPSA) is 196 Å². The van der Waals surface area contributed by atoms with Crippen LogP contribution in [0.5, 0.6) is 5.75 Å². The third-order valence-corrected chi connectivity index (χ3v) is 9.46. The van der Waals surface area contributed by atoms with Crippen molar-refractivity contribution >= 4 is 29.7 Å². The van der Waals surface area contributed by atoms with Gasteiger partial charge in [0.25, 0.3) is 0 Å². The van der Waals surface area contributed by atoms with Crippen molar-refractivity contribution in [2.24, 2.45) is 5.92 Å². The highest BCUT2D eigenvalue weighted by Gasteiger charge is 2.37.